The van der Waals surface area contributed by atoms with Gasteiger partial charge in [-0.15, -0.1) is 0 Å². The first kappa shape index (κ1) is 21.5. The van der Waals surface area contributed by atoms with Crippen LogP contribution in [0.1, 0.15) is 34.8 Å². The maximum Gasteiger partial charge on any atom is 0.166 e. The van der Waals surface area contributed by atoms with Crippen LogP contribution in [0.15, 0.2) is 48.5 Å². The first-order chi connectivity index (χ1) is 14.2. The van der Waals surface area contributed by atoms with Gasteiger partial charge >= 0.3 is 0 Å². The zero-order chi connectivity index (χ0) is 20.5. The van der Waals surface area contributed by atoms with E-state index in [0.717, 1.165) is 69.0 Å². The Kier molecular flexibility index (Phi) is 8.23. The summed E-state index contributed by atoms with van der Waals surface area (Å²) in [5.41, 5.74) is 9.95. The Morgan fingerprint density at radius 3 is 2.34 bits per heavy atom. The Labute approximate surface area is 174 Å². The molecule has 3 rings (SSSR count). The first-order valence-electron chi connectivity index (χ1n) is 10.7. The number of anilines is 1. The van der Waals surface area contributed by atoms with Crippen LogP contribution in [-0.4, -0.2) is 45.2 Å². The van der Waals surface area contributed by atoms with Gasteiger partial charge in [-0.3, -0.25) is 4.79 Å². The van der Waals surface area contributed by atoms with E-state index in [1.165, 1.54) is 5.56 Å². The fourth-order valence-corrected chi connectivity index (χ4v) is 3.77. The van der Waals surface area contributed by atoms with Crippen LogP contribution in [0.25, 0.3) is 0 Å². The third-order valence-electron chi connectivity index (χ3n) is 5.56. The number of morpholine rings is 1. The summed E-state index contributed by atoms with van der Waals surface area (Å²) in [5, 5.41) is 3.35. The fraction of sp³-hybridized carbons (Fsp3) is 0.458. The Balaban J connectivity index is 1.70. The van der Waals surface area contributed by atoms with Crippen molar-refractivity contribution in [2.45, 2.75) is 26.3 Å². The topological polar surface area (TPSA) is 67.6 Å². The predicted octanol–water partition coefficient (Wildman–Crippen LogP) is 3.02. The second-order valence-corrected chi connectivity index (χ2v) is 7.57. The number of hydrogen-bond acceptors (Lipinski definition) is 5. The van der Waals surface area contributed by atoms with Crippen LogP contribution in [0.3, 0.4) is 0 Å². The summed E-state index contributed by atoms with van der Waals surface area (Å²) in [4.78, 5) is 15.6. The summed E-state index contributed by atoms with van der Waals surface area (Å²) < 4.78 is 5.42. The number of carbonyl (C=O) groups excluding carboxylic acids is 1. The van der Waals surface area contributed by atoms with Crippen molar-refractivity contribution in [1.82, 2.24) is 5.32 Å². The standard InChI is InChI=1S/C24H33N3O2/c1-2-26-12-11-22(17-19-3-5-20(18-25)6-4-19)24(28)21-7-9-23(10-8-21)27-13-15-29-16-14-27/h3-10,22,26H,2,11-18,25H2,1H3. The van der Waals surface area contributed by atoms with E-state index < -0.39 is 0 Å². The van der Waals surface area contributed by atoms with Crippen LogP contribution in [0.2, 0.25) is 0 Å². The quantitative estimate of drug-likeness (QED) is 0.478. The summed E-state index contributed by atoms with van der Waals surface area (Å²) in [6.45, 7) is 7.71. The minimum Gasteiger partial charge on any atom is -0.378 e. The summed E-state index contributed by atoms with van der Waals surface area (Å²) in [5.74, 6) is 0.186. The van der Waals surface area contributed by atoms with Crippen LogP contribution < -0.4 is 16.0 Å². The minimum atomic E-state index is -0.0352. The summed E-state index contributed by atoms with van der Waals surface area (Å²) in [6, 6.07) is 16.4. The van der Waals surface area contributed by atoms with Gasteiger partial charge in [0.1, 0.15) is 0 Å². The molecule has 1 saturated heterocycles. The second-order valence-electron chi connectivity index (χ2n) is 7.57. The number of Topliss-reactive ketones (excluding diaryl/α,β-unsaturated/α-hetero) is 1. The smallest absolute Gasteiger partial charge is 0.166 e. The van der Waals surface area contributed by atoms with Crippen molar-refractivity contribution < 1.29 is 9.53 Å². The van der Waals surface area contributed by atoms with E-state index in [-0.39, 0.29) is 11.7 Å². The van der Waals surface area contributed by atoms with Gasteiger partial charge in [-0.05, 0) is 61.3 Å². The van der Waals surface area contributed by atoms with Crippen molar-refractivity contribution in [2.75, 3.05) is 44.3 Å². The van der Waals surface area contributed by atoms with Crippen molar-refractivity contribution in [3.8, 4) is 0 Å². The van der Waals surface area contributed by atoms with E-state index in [9.17, 15) is 4.79 Å². The van der Waals surface area contributed by atoms with Gasteiger partial charge in [0.05, 0.1) is 13.2 Å². The van der Waals surface area contributed by atoms with Gasteiger partial charge in [-0.1, -0.05) is 31.2 Å². The van der Waals surface area contributed by atoms with Gasteiger partial charge in [0.25, 0.3) is 0 Å². The summed E-state index contributed by atoms with van der Waals surface area (Å²) in [7, 11) is 0. The van der Waals surface area contributed by atoms with Crippen LogP contribution in [-0.2, 0) is 17.7 Å². The zero-order valence-electron chi connectivity index (χ0n) is 17.4. The number of nitrogens with two attached hydrogens (primary N) is 1. The second kappa shape index (κ2) is 11.1. The number of benzene rings is 2. The zero-order valence-corrected chi connectivity index (χ0v) is 17.4. The molecule has 0 spiro atoms. The largest absolute Gasteiger partial charge is 0.378 e. The van der Waals surface area contributed by atoms with Crippen LogP contribution in [0.5, 0.6) is 0 Å². The summed E-state index contributed by atoms with van der Waals surface area (Å²) >= 11 is 0. The van der Waals surface area contributed by atoms with E-state index in [2.05, 4.69) is 53.5 Å². The molecule has 1 aliphatic heterocycles. The number of nitrogens with zero attached hydrogens (tertiary/aromatic N) is 1. The van der Waals surface area contributed by atoms with Crippen LogP contribution in [0.4, 0.5) is 5.69 Å². The molecule has 0 amide bonds. The average molecular weight is 396 g/mol. The molecule has 3 N–H and O–H groups in total. The van der Waals surface area contributed by atoms with Crippen LogP contribution in [0, 0.1) is 5.92 Å². The molecule has 5 heteroatoms. The number of ketones is 1. The van der Waals surface area contributed by atoms with Crippen LogP contribution >= 0.6 is 0 Å². The highest BCUT2D eigenvalue weighted by Gasteiger charge is 2.21. The average Bonchev–Trinajstić information content (AvgIpc) is 2.79. The van der Waals surface area contributed by atoms with Crippen molar-refractivity contribution in [3.05, 3.63) is 65.2 Å². The molecule has 2 aromatic rings. The lowest BCUT2D eigenvalue weighted by Gasteiger charge is -2.29. The predicted molar refractivity (Wildman–Crippen MR) is 118 cm³/mol. The molecular formula is C24H33N3O2. The minimum absolute atomic E-state index is 0.0352. The number of ether oxygens (including phenoxy) is 1. The lowest BCUT2D eigenvalue weighted by Crippen LogP contribution is -2.36. The Morgan fingerprint density at radius 1 is 1.07 bits per heavy atom. The molecule has 0 radical (unpaired) electrons. The van der Waals surface area contributed by atoms with Gasteiger partial charge < -0.3 is 20.7 Å². The molecule has 1 fully saturated rings. The molecule has 29 heavy (non-hydrogen) atoms. The molecule has 1 heterocycles. The normalized spacial score (nSPS) is 15.3. The van der Waals surface area contributed by atoms with Gasteiger partial charge in [-0.2, -0.15) is 0 Å². The van der Waals surface area contributed by atoms with Gasteiger partial charge in [-0.25, -0.2) is 0 Å². The number of carbonyl (C=O) groups is 1. The lowest BCUT2D eigenvalue weighted by molar-refractivity contribution is 0.0912. The highest BCUT2D eigenvalue weighted by Crippen LogP contribution is 2.22. The molecule has 156 valence electrons. The van der Waals surface area contributed by atoms with Crippen molar-refractivity contribution in [2.24, 2.45) is 11.7 Å². The molecule has 5 nitrogen and oxygen atoms in total. The third-order valence-corrected chi connectivity index (χ3v) is 5.56. The van der Waals surface area contributed by atoms with E-state index >= 15 is 0 Å². The van der Waals surface area contributed by atoms with E-state index in [0.29, 0.717) is 6.54 Å². The maximum absolute atomic E-state index is 13.3. The van der Waals surface area contributed by atoms with Gasteiger partial charge in [0.15, 0.2) is 5.78 Å². The van der Waals surface area contributed by atoms with Crippen molar-refractivity contribution >= 4 is 11.5 Å². The SMILES string of the molecule is CCNCCC(Cc1ccc(CN)cc1)C(=O)c1ccc(N2CCOCC2)cc1. The van der Waals surface area contributed by atoms with Crippen molar-refractivity contribution in [1.29, 1.82) is 0 Å². The number of hydrogen-bond donors (Lipinski definition) is 2. The lowest BCUT2D eigenvalue weighted by atomic mass is 9.88. The fourth-order valence-electron chi connectivity index (χ4n) is 3.77. The van der Waals surface area contributed by atoms with E-state index in [1.807, 2.05) is 12.1 Å². The molecule has 0 aliphatic carbocycles. The first-order valence-corrected chi connectivity index (χ1v) is 10.7. The molecule has 1 atom stereocenters. The molecule has 0 aromatic heterocycles. The van der Waals surface area contributed by atoms with Gasteiger partial charge in [0, 0.05) is 36.8 Å². The molecule has 1 aliphatic rings. The van der Waals surface area contributed by atoms with E-state index in [1.54, 1.807) is 0 Å². The van der Waals surface area contributed by atoms with Gasteiger partial charge in [0.2, 0.25) is 0 Å². The molecule has 2 aromatic carbocycles. The number of rotatable bonds is 10. The Morgan fingerprint density at radius 2 is 1.72 bits per heavy atom. The summed E-state index contributed by atoms with van der Waals surface area (Å²) in [6.07, 6.45) is 1.58. The molecule has 0 saturated carbocycles. The number of nitrogens with one attached hydrogen (secondary N) is 1. The highest BCUT2D eigenvalue weighted by molar-refractivity contribution is 5.98. The maximum atomic E-state index is 13.3. The highest BCUT2D eigenvalue weighted by atomic mass is 16.5. The molecule has 0 bridgehead atoms. The Hall–Kier alpha value is -2.21. The Bertz CT molecular complexity index is 753. The monoisotopic (exact) mass is 395 g/mol. The third kappa shape index (κ3) is 6.13. The van der Waals surface area contributed by atoms with E-state index in [4.69, 9.17) is 10.5 Å². The van der Waals surface area contributed by atoms with Crippen molar-refractivity contribution in [3.63, 3.8) is 0 Å². The molecular weight excluding hydrogens is 362 g/mol. The molecule has 1 unspecified atom stereocenters.